The first-order valence-electron chi connectivity index (χ1n) is 10.0. The summed E-state index contributed by atoms with van der Waals surface area (Å²) in [5.74, 6) is 1.53. The topological polar surface area (TPSA) is 89.3 Å². The molecule has 1 heterocycles. The van der Waals surface area contributed by atoms with Crippen LogP contribution in [0.4, 0.5) is 5.82 Å². The quantitative estimate of drug-likeness (QED) is 0.685. The minimum absolute atomic E-state index is 0.102. The van der Waals surface area contributed by atoms with E-state index in [0.717, 1.165) is 48.1 Å². The second-order valence-electron chi connectivity index (χ2n) is 7.28. The third-order valence-electron chi connectivity index (χ3n) is 5.44. The molecule has 3 rings (SSSR count). The van der Waals surface area contributed by atoms with E-state index in [1.165, 1.54) is 0 Å². The molecule has 1 aromatic carbocycles. The number of amides is 1. The number of nitrogens with zero attached hydrogens (tertiary/aromatic N) is 1. The van der Waals surface area contributed by atoms with Gasteiger partial charge >= 0.3 is 0 Å². The summed E-state index contributed by atoms with van der Waals surface area (Å²) >= 11 is 0. The molecule has 28 heavy (non-hydrogen) atoms. The van der Waals surface area contributed by atoms with Crippen LogP contribution in [0, 0.1) is 5.92 Å². The standard InChI is InChI=1S/C22H30N4O2/c1-3-28-20-10-6-16(17-7-11-21(23)25-13-17)12-18(20)14-26-22(27)15-4-8-19(24-2)9-5-15/h6-7,10-13,15,19,24H,3-5,8-9,14H2,1-2H3,(H2,23,25)(H,26,27). The molecule has 1 fully saturated rings. The number of benzene rings is 1. The molecule has 0 saturated heterocycles. The third kappa shape index (κ3) is 5.01. The number of hydrogen-bond donors (Lipinski definition) is 3. The summed E-state index contributed by atoms with van der Waals surface area (Å²) in [7, 11) is 1.99. The summed E-state index contributed by atoms with van der Waals surface area (Å²) in [6.07, 6.45) is 5.74. The first kappa shape index (κ1) is 20.1. The summed E-state index contributed by atoms with van der Waals surface area (Å²) in [4.78, 5) is 16.8. The van der Waals surface area contributed by atoms with Crippen molar-refractivity contribution in [3.05, 3.63) is 42.1 Å². The number of rotatable bonds is 7. The lowest BCUT2D eigenvalue weighted by Crippen LogP contribution is -2.37. The van der Waals surface area contributed by atoms with Crippen molar-refractivity contribution in [1.29, 1.82) is 0 Å². The number of ether oxygens (including phenoxy) is 1. The van der Waals surface area contributed by atoms with Gasteiger partial charge in [-0.15, -0.1) is 0 Å². The zero-order chi connectivity index (χ0) is 19.9. The van der Waals surface area contributed by atoms with Crippen LogP contribution in [0.2, 0.25) is 0 Å². The van der Waals surface area contributed by atoms with Gasteiger partial charge in [0, 0.05) is 35.8 Å². The summed E-state index contributed by atoms with van der Waals surface area (Å²) in [6, 6.07) is 10.3. The highest BCUT2D eigenvalue weighted by atomic mass is 16.5. The average Bonchev–Trinajstić information content (AvgIpc) is 2.73. The van der Waals surface area contributed by atoms with E-state index in [4.69, 9.17) is 10.5 Å². The maximum atomic E-state index is 12.6. The molecule has 1 aliphatic carbocycles. The van der Waals surface area contributed by atoms with E-state index < -0.39 is 0 Å². The molecular formula is C22H30N4O2. The number of nitrogens with one attached hydrogen (secondary N) is 2. The van der Waals surface area contributed by atoms with Crippen LogP contribution in [0.15, 0.2) is 36.5 Å². The normalized spacial score (nSPS) is 19.2. The number of nitrogens with two attached hydrogens (primary N) is 1. The Morgan fingerprint density at radius 3 is 2.57 bits per heavy atom. The van der Waals surface area contributed by atoms with Crippen molar-refractivity contribution < 1.29 is 9.53 Å². The molecule has 0 spiro atoms. The predicted molar refractivity (Wildman–Crippen MR) is 112 cm³/mol. The molecule has 150 valence electrons. The van der Waals surface area contributed by atoms with Crippen molar-refractivity contribution in [2.75, 3.05) is 19.4 Å². The Labute approximate surface area is 166 Å². The molecule has 0 atom stereocenters. The van der Waals surface area contributed by atoms with Gasteiger partial charge in [-0.2, -0.15) is 0 Å². The number of nitrogen functional groups attached to an aromatic ring is 1. The zero-order valence-electron chi connectivity index (χ0n) is 16.7. The second kappa shape index (κ2) is 9.55. The smallest absolute Gasteiger partial charge is 0.223 e. The van der Waals surface area contributed by atoms with Crippen LogP contribution in [0.25, 0.3) is 11.1 Å². The fraction of sp³-hybridized carbons (Fsp3) is 0.455. The minimum atomic E-state index is 0.102. The largest absolute Gasteiger partial charge is 0.494 e. The first-order chi connectivity index (χ1) is 13.6. The van der Waals surface area contributed by atoms with Gasteiger partial charge in [-0.1, -0.05) is 6.07 Å². The lowest BCUT2D eigenvalue weighted by molar-refractivity contribution is -0.126. The molecule has 0 unspecified atom stereocenters. The van der Waals surface area contributed by atoms with E-state index in [2.05, 4.69) is 21.7 Å². The van der Waals surface area contributed by atoms with Gasteiger partial charge in [-0.25, -0.2) is 4.98 Å². The Morgan fingerprint density at radius 2 is 1.93 bits per heavy atom. The fourth-order valence-electron chi connectivity index (χ4n) is 3.74. The summed E-state index contributed by atoms with van der Waals surface area (Å²) < 4.78 is 5.76. The first-order valence-corrected chi connectivity index (χ1v) is 10.0. The van der Waals surface area contributed by atoms with Crippen LogP contribution in [0.1, 0.15) is 38.2 Å². The molecular weight excluding hydrogens is 352 g/mol. The number of hydrogen-bond acceptors (Lipinski definition) is 5. The number of aromatic nitrogens is 1. The molecule has 1 amide bonds. The molecule has 0 radical (unpaired) electrons. The third-order valence-corrected chi connectivity index (χ3v) is 5.44. The molecule has 0 bridgehead atoms. The van der Waals surface area contributed by atoms with Gasteiger partial charge in [0.05, 0.1) is 6.61 Å². The van der Waals surface area contributed by atoms with E-state index in [1.54, 1.807) is 12.3 Å². The van der Waals surface area contributed by atoms with Gasteiger partial charge in [-0.3, -0.25) is 4.79 Å². The SMILES string of the molecule is CCOc1ccc(-c2ccc(N)nc2)cc1CNC(=O)C1CCC(NC)CC1. The van der Waals surface area contributed by atoms with E-state index in [-0.39, 0.29) is 11.8 Å². The van der Waals surface area contributed by atoms with Gasteiger partial charge in [-0.05, 0) is 69.5 Å². The van der Waals surface area contributed by atoms with Crippen LogP contribution in [0.3, 0.4) is 0 Å². The zero-order valence-corrected chi connectivity index (χ0v) is 16.7. The van der Waals surface area contributed by atoms with E-state index in [9.17, 15) is 4.79 Å². The Kier molecular flexibility index (Phi) is 6.87. The van der Waals surface area contributed by atoms with E-state index in [0.29, 0.717) is 25.0 Å². The van der Waals surface area contributed by atoms with Gasteiger partial charge in [0.1, 0.15) is 11.6 Å². The van der Waals surface area contributed by atoms with Crippen LogP contribution >= 0.6 is 0 Å². The Bertz CT molecular complexity index is 784. The van der Waals surface area contributed by atoms with Crippen molar-refractivity contribution in [3.63, 3.8) is 0 Å². The Morgan fingerprint density at radius 1 is 1.18 bits per heavy atom. The number of carbonyl (C=O) groups is 1. The monoisotopic (exact) mass is 382 g/mol. The fourth-order valence-corrected chi connectivity index (χ4v) is 3.74. The van der Waals surface area contributed by atoms with Crippen molar-refractivity contribution in [3.8, 4) is 16.9 Å². The number of anilines is 1. The lowest BCUT2D eigenvalue weighted by Gasteiger charge is -2.27. The van der Waals surface area contributed by atoms with Crippen molar-refractivity contribution in [1.82, 2.24) is 15.6 Å². The Balaban J connectivity index is 1.69. The summed E-state index contributed by atoms with van der Waals surface area (Å²) in [6.45, 7) is 2.99. The predicted octanol–water partition coefficient (Wildman–Crippen LogP) is 3.12. The van der Waals surface area contributed by atoms with Crippen molar-refractivity contribution in [2.24, 2.45) is 5.92 Å². The van der Waals surface area contributed by atoms with E-state index in [1.807, 2.05) is 32.2 Å². The van der Waals surface area contributed by atoms with Gasteiger partial charge in [0.25, 0.3) is 0 Å². The van der Waals surface area contributed by atoms with Crippen molar-refractivity contribution >= 4 is 11.7 Å². The van der Waals surface area contributed by atoms with Crippen LogP contribution in [-0.4, -0.2) is 30.6 Å². The summed E-state index contributed by atoms with van der Waals surface area (Å²) in [5.41, 5.74) is 8.66. The molecule has 4 N–H and O–H groups in total. The van der Waals surface area contributed by atoms with Gasteiger partial charge < -0.3 is 21.1 Å². The highest BCUT2D eigenvalue weighted by molar-refractivity contribution is 5.79. The highest BCUT2D eigenvalue weighted by Gasteiger charge is 2.25. The van der Waals surface area contributed by atoms with Crippen LogP contribution in [0.5, 0.6) is 5.75 Å². The number of pyridine rings is 1. The molecule has 6 heteroatoms. The van der Waals surface area contributed by atoms with Crippen LogP contribution in [-0.2, 0) is 11.3 Å². The Hall–Kier alpha value is -2.60. The van der Waals surface area contributed by atoms with E-state index >= 15 is 0 Å². The maximum Gasteiger partial charge on any atom is 0.223 e. The highest BCUT2D eigenvalue weighted by Crippen LogP contribution is 2.28. The lowest BCUT2D eigenvalue weighted by atomic mass is 9.85. The molecule has 1 aliphatic rings. The molecule has 1 aromatic heterocycles. The second-order valence-corrected chi connectivity index (χ2v) is 7.28. The average molecular weight is 383 g/mol. The number of carbonyl (C=O) groups excluding carboxylic acids is 1. The van der Waals surface area contributed by atoms with Crippen molar-refractivity contribution in [2.45, 2.75) is 45.2 Å². The van der Waals surface area contributed by atoms with Crippen LogP contribution < -0.4 is 21.1 Å². The minimum Gasteiger partial charge on any atom is -0.494 e. The summed E-state index contributed by atoms with van der Waals surface area (Å²) in [5, 5.41) is 6.42. The van der Waals surface area contributed by atoms with Gasteiger partial charge in [0.15, 0.2) is 0 Å². The molecule has 1 saturated carbocycles. The molecule has 0 aliphatic heterocycles. The maximum absolute atomic E-state index is 12.6. The van der Waals surface area contributed by atoms with Gasteiger partial charge in [0.2, 0.25) is 5.91 Å². The molecule has 6 nitrogen and oxygen atoms in total. The molecule has 2 aromatic rings.